The lowest BCUT2D eigenvalue weighted by atomic mass is 10.3. The predicted molar refractivity (Wildman–Crippen MR) is 33.7 cm³/mol. The molecule has 0 spiro atoms. The van der Waals surface area contributed by atoms with Gasteiger partial charge in [0, 0.05) is 20.0 Å². The Morgan fingerprint density at radius 1 is 1.78 bits per heavy atom. The summed E-state index contributed by atoms with van der Waals surface area (Å²) in [6.45, 7) is 2.87. The van der Waals surface area contributed by atoms with Gasteiger partial charge in [0.1, 0.15) is 5.78 Å². The Kier molecular flexibility index (Phi) is 12.4. The van der Waals surface area contributed by atoms with Crippen LogP contribution in [0.2, 0.25) is 0 Å². The van der Waals surface area contributed by atoms with Gasteiger partial charge >= 0.3 is 0 Å². The van der Waals surface area contributed by atoms with E-state index in [2.05, 4.69) is 0 Å². The average Bonchev–Trinajstić information content (AvgIpc) is 1.67. The fraction of sp³-hybridized carbons (Fsp3) is 0.667. The number of rotatable bonds is 2. The van der Waals surface area contributed by atoms with E-state index in [4.69, 9.17) is 10.4 Å². The van der Waals surface area contributed by atoms with E-state index >= 15 is 0 Å². The molecule has 0 saturated carbocycles. The summed E-state index contributed by atoms with van der Waals surface area (Å²) in [4.78, 5) is 9.88. The summed E-state index contributed by atoms with van der Waals surface area (Å²) in [5.41, 5.74) is 0. The molecular weight excluding hydrogens is 118 g/mol. The van der Waals surface area contributed by atoms with Gasteiger partial charge in [0.05, 0.1) is 6.07 Å². The summed E-state index contributed by atoms with van der Waals surface area (Å²) in [5.74, 6) is 0.0394. The van der Waals surface area contributed by atoms with Crippen LogP contribution < -0.4 is 0 Å². The highest BCUT2D eigenvalue weighted by Crippen LogP contribution is 1.74. The zero-order chi connectivity index (χ0) is 7.70. The Balaban J connectivity index is 0. The normalized spacial score (nSPS) is 6.44. The van der Waals surface area contributed by atoms with Gasteiger partial charge in [-0.05, 0) is 6.92 Å². The molecule has 3 nitrogen and oxygen atoms in total. The number of ketones is 1. The molecule has 0 unspecified atom stereocenters. The van der Waals surface area contributed by atoms with E-state index in [0.717, 1.165) is 0 Å². The van der Waals surface area contributed by atoms with Gasteiger partial charge in [-0.3, -0.25) is 4.79 Å². The second kappa shape index (κ2) is 10.2. The van der Waals surface area contributed by atoms with Crippen molar-refractivity contribution < 1.29 is 9.90 Å². The zero-order valence-electron chi connectivity index (χ0n) is 5.72. The Hall–Kier alpha value is -0.880. The number of hydrogen-bond acceptors (Lipinski definition) is 3. The molecule has 3 heteroatoms. The van der Waals surface area contributed by atoms with Crippen LogP contribution in [0.4, 0.5) is 0 Å². The molecule has 9 heavy (non-hydrogen) atoms. The van der Waals surface area contributed by atoms with Crippen LogP contribution in [-0.2, 0) is 4.79 Å². The Bertz CT molecular complexity index is 104. The number of hydrogen-bond donors (Lipinski definition) is 1. The zero-order valence-corrected chi connectivity index (χ0v) is 5.72. The molecule has 0 aromatic carbocycles. The minimum absolute atomic E-state index is 0.0185. The van der Waals surface area contributed by atoms with Crippen molar-refractivity contribution in [3.8, 4) is 6.07 Å². The number of aliphatic hydroxyl groups is 1. The third-order valence-corrected chi connectivity index (χ3v) is 0.464. The van der Waals surface area contributed by atoms with Crippen LogP contribution in [0.1, 0.15) is 20.3 Å². The van der Waals surface area contributed by atoms with Gasteiger partial charge in [0.15, 0.2) is 0 Å². The first kappa shape index (κ1) is 11.0. The van der Waals surface area contributed by atoms with Crippen molar-refractivity contribution in [3.63, 3.8) is 0 Å². The van der Waals surface area contributed by atoms with Crippen LogP contribution in [0, 0.1) is 11.3 Å². The maximum atomic E-state index is 9.88. The number of nitriles is 1. The van der Waals surface area contributed by atoms with Crippen molar-refractivity contribution in [1.82, 2.24) is 0 Å². The van der Waals surface area contributed by atoms with E-state index in [1.54, 1.807) is 6.07 Å². The maximum Gasteiger partial charge on any atom is 0.132 e. The monoisotopic (exact) mass is 129 g/mol. The molecule has 0 amide bonds. The molecule has 0 bridgehead atoms. The standard InChI is InChI=1S/C4H8O2.C2H3N/c1-4(6)2-3-5;1-2-3/h5H,2-3H2,1H3;1H3. The maximum absolute atomic E-state index is 9.88. The van der Waals surface area contributed by atoms with Gasteiger partial charge in [-0.25, -0.2) is 0 Å². The van der Waals surface area contributed by atoms with E-state index in [9.17, 15) is 4.79 Å². The molecule has 0 atom stereocenters. The predicted octanol–water partition coefficient (Wildman–Crippen LogP) is 0.488. The summed E-state index contributed by atoms with van der Waals surface area (Å²) in [6.07, 6.45) is 0.292. The van der Waals surface area contributed by atoms with Crippen molar-refractivity contribution in [2.75, 3.05) is 6.61 Å². The van der Waals surface area contributed by atoms with Crippen LogP contribution in [0.3, 0.4) is 0 Å². The van der Waals surface area contributed by atoms with Crippen molar-refractivity contribution in [2.24, 2.45) is 0 Å². The van der Waals surface area contributed by atoms with E-state index in [1.807, 2.05) is 0 Å². The smallest absolute Gasteiger partial charge is 0.132 e. The lowest BCUT2D eigenvalue weighted by Gasteiger charge is -1.80. The Labute approximate surface area is 54.9 Å². The van der Waals surface area contributed by atoms with Crippen molar-refractivity contribution in [1.29, 1.82) is 5.26 Å². The first-order valence-corrected chi connectivity index (χ1v) is 2.60. The van der Waals surface area contributed by atoms with Gasteiger partial charge in [0.2, 0.25) is 0 Å². The molecule has 0 radical (unpaired) electrons. The molecule has 0 aromatic rings. The van der Waals surface area contributed by atoms with Gasteiger partial charge in [-0.2, -0.15) is 5.26 Å². The highest BCUT2D eigenvalue weighted by Gasteiger charge is 1.84. The summed E-state index contributed by atoms with van der Waals surface area (Å²) in [6, 6.07) is 1.75. The van der Waals surface area contributed by atoms with Crippen molar-refractivity contribution in [3.05, 3.63) is 0 Å². The largest absolute Gasteiger partial charge is 0.396 e. The van der Waals surface area contributed by atoms with E-state index in [-0.39, 0.29) is 12.4 Å². The fourth-order valence-corrected chi connectivity index (χ4v) is 0.157. The van der Waals surface area contributed by atoms with Crippen LogP contribution in [-0.4, -0.2) is 17.5 Å². The van der Waals surface area contributed by atoms with Crippen molar-refractivity contribution >= 4 is 5.78 Å². The highest BCUT2D eigenvalue weighted by molar-refractivity contribution is 5.75. The van der Waals surface area contributed by atoms with Gasteiger partial charge in [0.25, 0.3) is 0 Å². The summed E-state index contributed by atoms with van der Waals surface area (Å²) in [7, 11) is 0. The first-order chi connectivity index (χ1) is 4.18. The number of nitrogens with zero attached hydrogens (tertiary/aromatic N) is 1. The topological polar surface area (TPSA) is 61.1 Å². The average molecular weight is 129 g/mol. The van der Waals surface area contributed by atoms with Gasteiger partial charge < -0.3 is 5.11 Å². The molecule has 0 rings (SSSR count). The fourth-order valence-electron chi connectivity index (χ4n) is 0.157. The van der Waals surface area contributed by atoms with Gasteiger partial charge in [-0.15, -0.1) is 0 Å². The van der Waals surface area contributed by atoms with Crippen molar-refractivity contribution in [2.45, 2.75) is 20.3 Å². The molecule has 0 aliphatic carbocycles. The van der Waals surface area contributed by atoms with Crippen LogP contribution in [0.25, 0.3) is 0 Å². The lowest BCUT2D eigenvalue weighted by Crippen LogP contribution is -1.92. The molecule has 0 heterocycles. The summed E-state index contributed by atoms with van der Waals surface area (Å²) >= 11 is 0. The Morgan fingerprint density at radius 2 is 2.11 bits per heavy atom. The molecular formula is C6H11NO2. The quantitative estimate of drug-likeness (QED) is 0.590. The highest BCUT2D eigenvalue weighted by atomic mass is 16.3. The Morgan fingerprint density at radius 3 is 2.11 bits per heavy atom. The number of Topliss-reactive ketones (excluding diaryl/α,β-unsaturated/α-hetero) is 1. The molecule has 1 N–H and O–H groups in total. The minimum Gasteiger partial charge on any atom is -0.396 e. The summed E-state index contributed by atoms with van der Waals surface area (Å²) < 4.78 is 0. The van der Waals surface area contributed by atoms with Crippen LogP contribution in [0.15, 0.2) is 0 Å². The minimum atomic E-state index is -0.0185. The second-order valence-electron chi connectivity index (χ2n) is 1.40. The molecule has 0 aliphatic heterocycles. The SMILES string of the molecule is CC#N.CC(=O)CCO. The molecule has 0 saturated heterocycles. The lowest BCUT2D eigenvalue weighted by molar-refractivity contribution is -0.117. The summed E-state index contributed by atoms with van der Waals surface area (Å²) in [5, 5.41) is 15.3. The van der Waals surface area contributed by atoms with Gasteiger partial charge in [-0.1, -0.05) is 0 Å². The molecule has 0 aromatic heterocycles. The molecule has 52 valence electrons. The van der Waals surface area contributed by atoms with Crippen LogP contribution in [0.5, 0.6) is 0 Å². The number of carbonyl (C=O) groups is 1. The molecule has 0 aliphatic rings. The third kappa shape index (κ3) is 41.5. The number of aliphatic hydroxyl groups excluding tert-OH is 1. The molecule has 0 fully saturated rings. The van der Waals surface area contributed by atoms with E-state index in [1.165, 1.54) is 13.8 Å². The third-order valence-electron chi connectivity index (χ3n) is 0.464. The van der Waals surface area contributed by atoms with E-state index < -0.39 is 0 Å². The number of carbonyl (C=O) groups excluding carboxylic acids is 1. The second-order valence-corrected chi connectivity index (χ2v) is 1.40. The van der Waals surface area contributed by atoms with E-state index in [0.29, 0.717) is 6.42 Å². The first-order valence-electron chi connectivity index (χ1n) is 2.60. The van der Waals surface area contributed by atoms with Crippen LogP contribution >= 0.6 is 0 Å².